The molecule has 17 rings (SSSR count). The minimum absolute atomic E-state index is 0.0213. The van der Waals surface area contributed by atoms with Crippen molar-refractivity contribution in [3.05, 3.63) is 298 Å². The van der Waals surface area contributed by atoms with Gasteiger partial charge in [0.2, 0.25) is 11.8 Å². The van der Waals surface area contributed by atoms with Crippen molar-refractivity contribution in [2.75, 3.05) is 108 Å². The lowest BCUT2D eigenvalue weighted by molar-refractivity contribution is -0.120. The van der Waals surface area contributed by atoms with Gasteiger partial charge in [-0.05, 0) is 193 Å². The van der Waals surface area contributed by atoms with Gasteiger partial charge in [0, 0.05) is 158 Å². The molecular formula is C96H95Cl3N18O6S3. The zero-order valence-electron chi connectivity index (χ0n) is 69.6. The van der Waals surface area contributed by atoms with Crippen LogP contribution in [0, 0.1) is 45.8 Å². The first-order chi connectivity index (χ1) is 61.4. The van der Waals surface area contributed by atoms with E-state index in [0.717, 1.165) is 115 Å². The molecule has 6 aromatic heterocycles. The number of nitriles is 3. The topological polar surface area (TPSA) is 265 Å². The van der Waals surface area contributed by atoms with Crippen LogP contribution in [0.3, 0.4) is 0 Å². The van der Waals surface area contributed by atoms with Crippen LogP contribution in [0.5, 0.6) is 0 Å². The fraction of sp³-hybridized carbons (Fsp3) is 0.312. The van der Waals surface area contributed by atoms with E-state index in [1.54, 1.807) is 72.1 Å². The Morgan fingerprint density at radius 1 is 0.397 bits per heavy atom. The van der Waals surface area contributed by atoms with Crippen LogP contribution in [0.25, 0.3) is 0 Å². The highest BCUT2D eigenvalue weighted by Gasteiger charge is 2.31. The Bertz CT molecular complexity index is 5850. The Morgan fingerprint density at radius 2 is 0.738 bits per heavy atom. The third-order valence-electron chi connectivity index (χ3n) is 23.9. The Kier molecular flexibility index (Phi) is 29.9. The van der Waals surface area contributed by atoms with Gasteiger partial charge in [0.25, 0.3) is 23.6 Å². The number of aromatic nitrogens is 6. The molecule has 9 heterocycles. The van der Waals surface area contributed by atoms with E-state index in [0.29, 0.717) is 152 Å². The number of hydrogen-bond acceptors (Lipinski definition) is 18. The highest BCUT2D eigenvalue weighted by atomic mass is 35.5. The molecule has 0 unspecified atom stereocenters. The number of carbonyl (C=O) groups excluding carboxylic acids is 6. The van der Waals surface area contributed by atoms with Crippen LogP contribution >= 0.6 is 68.8 Å². The number of benzene rings is 6. The van der Waals surface area contributed by atoms with E-state index in [1.807, 2.05) is 146 Å². The number of thiophene rings is 3. The fourth-order valence-electron chi connectivity index (χ4n) is 16.7. The van der Waals surface area contributed by atoms with Crippen molar-refractivity contribution >= 4 is 138 Å². The van der Waals surface area contributed by atoms with Gasteiger partial charge in [-0.25, -0.2) is 15.0 Å². The van der Waals surface area contributed by atoms with Gasteiger partial charge in [-0.2, -0.15) is 15.8 Å². The second kappa shape index (κ2) is 42.5. The first-order valence-electron chi connectivity index (χ1n) is 42.5. The summed E-state index contributed by atoms with van der Waals surface area (Å²) in [5.41, 5.74) is 12.9. The molecule has 644 valence electrons. The number of piperazine rings is 3. The molecular weight excluding hydrogens is 1700 g/mol. The lowest BCUT2D eigenvalue weighted by atomic mass is 10.0. The van der Waals surface area contributed by atoms with E-state index < -0.39 is 0 Å². The lowest BCUT2D eigenvalue weighted by Gasteiger charge is -2.36. The average Bonchev–Trinajstić information content (AvgIpc) is 1.28. The zero-order valence-corrected chi connectivity index (χ0v) is 74.4. The van der Waals surface area contributed by atoms with Crippen LogP contribution < -0.4 is 29.8 Å². The molecule has 6 aromatic carbocycles. The maximum atomic E-state index is 13.8. The van der Waals surface area contributed by atoms with Crippen LogP contribution in [0.4, 0.5) is 34.1 Å². The van der Waals surface area contributed by atoms with Crippen molar-refractivity contribution in [3.63, 3.8) is 0 Å². The summed E-state index contributed by atoms with van der Waals surface area (Å²) in [6, 6.07) is 63.6. The van der Waals surface area contributed by atoms with Crippen LogP contribution in [0.2, 0.25) is 13.0 Å². The van der Waals surface area contributed by atoms with Crippen molar-refractivity contribution in [2.45, 2.75) is 103 Å². The number of nitrogens with one attached hydrogen (secondary N) is 1. The molecule has 12 aromatic rings. The summed E-state index contributed by atoms with van der Waals surface area (Å²) in [5, 5.41) is 30.2. The van der Waals surface area contributed by atoms with Gasteiger partial charge in [0.1, 0.15) is 5.69 Å². The van der Waals surface area contributed by atoms with E-state index in [1.165, 1.54) is 78.7 Å². The standard InChI is InChI=1S/C35H37ClN6O2S.C34H35ClN6O2S.C27H23ClN6O2S/c36-33-15-14-32(45-33)35(44)40-19-17-39(18-20-40)29-10-12-30(13-11-29)42(34(43)16-9-26-3-1-2-4-26)24-31-22-38-25-41(31)23-28-7-5-27(21-37)6-8-28;35-32-14-13-31(44-32)34(43)39-17-15-38(16-18-39)28-9-11-29(12-10-28)41(33(42)19-25-3-1-2-4-25)23-30-21-37-24-40(30)22-27-7-5-26(20-36)6-8-27;28-25-10-9-24(37-25)27(36)33-13-11-32(12-14-33)22-7-5-21(6-8-22)31-26(35)23-16-30-18-34(23)17-20-3-1-19(15-29)2-4-20/h5-8,10-15,22,25-26H,1-4,9,16-20,23-24H2;5-14,21,24-25H,1-4,15-19,22-23H2;1-10,16,18H,11-14,17H2,(H,31,35). The molecule has 6 amide bonds. The van der Waals surface area contributed by atoms with Gasteiger partial charge in [0.15, 0.2) is 0 Å². The van der Waals surface area contributed by atoms with Crippen molar-refractivity contribution in [1.82, 2.24) is 43.4 Å². The van der Waals surface area contributed by atoms with Crippen LogP contribution in [-0.4, -0.2) is 157 Å². The number of imidazole rings is 3. The number of carbonyl (C=O) groups is 6. The van der Waals surface area contributed by atoms with Crippen molar-refractivity contribution < 1.29 is 28.8 Å². The molecule has 0 spiro atoms. The maximum absolute atomic E-state index is 13.8. The van der Waals surface area contributed by atoms with Gasteiger partial charge in [-0.15, -0.1) is 34.0 Å². The summed E-state index contributed by atoms with van der Waals surface area (Å²) in [5.74, 6) is 1.18. The predicted octanol–water partition coefficient (Wildman–Crippen LogP) is 18.3. The summed E-state index contributed by atoms with van der Waals surface area (Å²) in [6.07, 6.45) is 22.0. The van der Waals surface area contributed by atoms with Gasteiger partial charge in [-0.3, -0.25) is 28.8 Å². The number of halogens is 3. The number of amides is 6. The molecule has 2 aliphatic carbocycles. The highest BCUT2D eigenvalue weighted by Crippen LogP contribution is 2.35. The van der Waals surface area contributed by atoms with Crippen molar-refractivity contribution in [3.8, 4) is 18.2 Å². The van der Waals surface area contributed by atoms with Crippen LogP contribution in [0.1, 0.15) is 155 Å². The first-order valence-corrected chi connectivity index (χ1v) is 46.1. The maximum Gasteiger partial charge on any atom is 0.273 e. The fourth-order valence-corrected chi connectivity index (χ4v) is 19.8. The normalized spacial score (nSPS) is 14.7. The summed E-state index contributed by atoms with van der Waals surface area (Å²) in [4.78, 5) is 110. The summed E-state index contributed by atoms with van der Waals surface area (Å²) >= 11 is 22.0. The van der Waals surface area contributed by atoms with Gasteiger partial charge in [0.05, 0.1) is 112 Å². The quantitative estimate of drug-likeness (QED) is 0.0557. The first kappa shape index (κ1) is 88.5. The highest BCUT2D eigenvalue weighted by molar-refractivity contribution is 7.18. The third kappa shape index (κ3) is 23.0. The third-order valence-corrected chi connectivity index (χ3v) is 27.5. The molecule has 24 nitrogen and oxygen atoms in total. The van der Waals surface area contributed by atoms with E-state index in [9.17, 15) is 28.8 Å². The molecule has 30 heteroatoms. The van der Waals surface area contributed by atoms with E-state index >= 15 is 0 Å². The Balaban J connectivity index is 0.000000147. The molecule has 2 saturated carbocycles. The predicted molar refractivity (Wildman–Crippen MR) is 497 cm³/mol. The van der Waals surface area contributed by atoms with Gasteiger partial charge >= 0.3 is 0 Å². The van der Waals surface area contributed by atoms with Crippen molar-refractivity contribution in [2.24, 2.45) is 11.8 Å². The summed E-state index contributed by atoms with van der Waals surface area (Å²) < 4.78 is 7.77. The average molecular weight is 1800 g/mol. The van der Waals surface area contributed by atoms with Crippen molar-refractivity contribution in [1.29, 1.82) is 15.8 Å². The molecule has 0 radical (unpaired) electrons. The molecule has 3 aliphatic heterocycles. The van der Waals surface area contributed by atoms with E-state index in [2.05, 4.69) is 86.6 Å². The molecule has 1 N–H and O–H groups in total. The number of rotatable bonds is 25. The Morgan fingerprint density at radius 3 is 1.10 bits per heavy atom. The molecule has 5 aliphatic rings. The molecule has 0 bridgehead atoms. The summed E-state index contributed by atoms with van der Waals surface area (Å²) in [6.45, 7) is 10.8. The number of anilines is 6. The Labute approximate surface area is 760 Å². The second-order valence-electron chi connectivity index (χ2n) is 32.0. The molecule has 3 saturated heterocycles. The summed E-state index contributed by atoms with van der Waals surface area (Å²) in [7, 11) is 0. The van der Waals surface area contributed by atoms with Gasteiger partial charge < -0.3 is 58.2 Å². The largest absolute Gasteiger partial charge is 0.368 e. The minimum Gasteiger partial charge on any atom is -0.368 e. The smallest absolute Gasteiger partial charge is 0.273 e. The van der Waals surface area contributed by atoms with Gasteiger partial charge in [-0.1, -0.05) is 110 Å². The lowest BCUT2D eigenvalue weighted by Crippen LogP contribution is -2.48. The van der Waals surface area contributed by atoms with E-state index in [4.69, 9.17) is 50.6 Å². The van der Waals surface area contributed by atoms with E-state index in [-0.39, 0.29) is 35.4 Å². The monoisotopic (exact) mass is 1800 g/mol. The Hall–Kier alpha value is -12.4. The van der Waals surface area contributed by atoms with Crippen LogP contribution in [-0.2, 0) is 42.3 Å². The minimum atomic E-state index is -0.250. The zero-order chi connectivity index (χ0) is 87.4. The molecule has 5 fully saturated rings. The second-order valence-corrected chi connectivity index (χ2v) is 37.2. The molecule has 126 heavy (non-hydrogen) atoms. The number of hydrogen-bond donors (Lipinski definition) is 1. The molecule has 0 atom stereocenters. The van der Waals surface area contributed by atoms with Crippen LogP contribution in [0.15, 0.2) is 220 Å². The SMILES string of the molecule is N#Cc1ccc(Cn2cncc2C(=O)Nc2ccc(N3CCN(C(=O)c4ccc(Cl)s4)CC3)cc2)cc1.N#Cc1ccc(Cn2cncc2CN(C(=O)CC2CCCC2)c2ccc(N3CCN(C(=O)c4ccc(Cl)s4)CC3)cc2)cc1.N#Cc1ccc(Cn2cncc2CN(C(=O)CCC2CCCC2)c2ccc(N3CCN(C(=O)c4ccc(Cl)s4)CC3)cc2)cc1. The number of nitrogens with zero attached hydrogens (tertiary/aromatic N) is 17.